The second-order valence-electron chi connectivity index (χ2n) is 5.91. The largest absolute Gasteiger partial charge is 0.449 e. The molecule has 2 aromatic rings. The molecule has 0 saturated heterocycles. The maximum atomic E-state index is 13.2. The number of benzene rings is 2. The number of sulfone groups is 1. The molecule has 0 radical (unpaired) electrons. The molecule has 1 amide bonds. The summed E-state index contributed by atoms with van der Waals surface area (Å²) >= 11 is 5.65. The van der Waals surface area contributed by atoms with Crippen LogP contribution in [0.1, 0.15) is 22.8 Å². The minimum Gasteiger partial charge on any atom is -0.449 e. The Hall–Kier alpha value is -2.45. The number of carbonyl (C=O) groups is 2. The molecule has 0 aliphatic rings. The van der Waals surface area contributed by atoms with Crippen LogP contribution in [0, 0.1) is 12.7 Å². The average Bonchev–Trinajstić information content (AvgIpc) is 2.57. The number of esters is 1. The molecular formula is C18H17ClFNO5S. The maximum Gasteiger partial charge on any atom is 0.339 e. The second kappa shape index (κ2) is 8.06. The van der Waals surface area contributed by atoms with Crippen LogP contribution in [0.4, 0.5) is 10.1 Å². The number of halogens is 2. The Bertz CT molecular complexity index is 1010. The molecule has 0 heterocycles. The molecule has 6 nitrogen and oxygen atoms in total. The van der Waals surface area contributed by atoms with Gasteiger partial charge in [-0.3, -0.25) is 4.79 Å². The molecule has 1 N–H and O–H groups in total. The second-order valence-corrected chi connectivity index (χ2v) is 8.34. The molecule has 0 aliphatic carbocycles. The van der Waals surface area contributed by atoms with E-state index in [0.717, 1.165) is 12.3 Å². The summed E-state index contributed by atoms with van der Waals surface area (Å²) < 4.78 is 41.6. The van der Waals surface area contributed by atoms with Gasteiger partial charge in [-0.05, 0) is 49.7 Å². The highest BCUT2D eigenvalue weighted by atomic mass is 35.5. The minimum atomic E-state index is -3.50. The molecular weight excluding hydrogens is 397 g/mol. The van der Waals surface area contributed by atoms with Crippen LogP contribution < -0.4 is 5.32 Å². The molecule has 0 saturated carbocycles. The number of aryl methyl sites for hydroxylation is 1. The topological polar surface area (TPSA) is 89.5 Å². The Morgan fingerprint density at radius 1 is 1.19 bits per heavy atom. The van der Waals surface area contributed by atoms with Crippen molar-refractivity contribution >= 4 is 39.0 Å². The molecule has 0 fully saturated rings. The summed E-state index contributed by atoms with van der Waals surface area (Å²) in [5, 5.41) is 2.29. The van der Waals surface area contributed by atoms with Crippen molar-refractivity contribution in [2.45, 2.75) is 24.8 Å². The SMILES string of the molecule is Cc1ccc(S(C)(=O)=O)cc1C(=O)O[C@@H](C)C(=O)Nc1ccc(F)c(Cl)c1. The first-order chi connectivity index (χ1) is 12.5. The Labute approximate surface area is 161 Å². The van der Waals surface area contributed by atoms with Gasteiger partial charge in [-0.15, -0.1) is 0 Å². The standard InChI is InChI=1S/C18H17ClFNO5S/c1-10-4-6-13(27(3,24)25)9-14(10)18(23)26-11(2)17(22)21-12-5-7-16(20)15(19)8-12/h4-9,11H,1-3H3,(H,21,22)/t11-/m0/s1. The van der Waals surface area contributed by atoms with Crippen molar-refractivity contribution in [3.63, 3.8) is 0 Å². The summed E-state index contributed by atoms with van der Waals surface area (Å²) in [7, 11) is -3.50. The van der Waals surface area contributed by atoms with Crippen molar-refractivity contribution in [1.29, 1.82) is 0 Å². The van der Waals surface area contributed by atoms with Crippen molar-refractivity contribution < 1.29 is 27.1 Å². The van der Waals surface area contributed by atoms with E-state index in [1.807, 2.05) is 0 Å². The summed E-state index contributed by atoms with van der Waals surface area (Å²) in [6.07, 6.45) is -0.154. The van der Waals surface area contributed by atoms with Crippen LogP contribution in [-0.4, -0.2) is 32.7 Å². The lowest BCUT2D eigenvalue weighted by Crippen LogP contribution is -2.30. The van der Waals surface area contributed by atoms with Crippen LogP contribution in [0.3, 0.4) is 0 Å². The van der Waals surface area contributed by atoms with E-state index >= 15 is 0 Å². The van der Waals surface area contributed by atoms with Crippen molar-refractivity contribution in [3.8, 4) is 0 Å². The fourth-order valence-corrected chi connectivity index (χ4v) is 2.97. The Balaban J connectivity index is 2.12. The van der Waals surface area contributed by atoms with E-state index in [1.54, 1.807) is 6.92 Å². The highest BCUT2D eigenvalue weighted by Crippen LogP contribution is 2.20. The van der Waals surface area contributed by atoms with Crippen LogP contribution in [0.5, 0.6) is 0 Å². The smallest absolute Gasteiger partial charge is 0.339 e. The molecule has 0 aromatic heterocycles. The number of nitrogens with one attached hydrogen (secondary N) is 1. The Morgan fingerprint density at radius 3 is 2.44 bits per heavy atom. The average molecular weight is 414 g/mol. The van der Waals surface area contributed by atoms with Gasteiger partial charge in [0.15, 0.2) is 15.9 Å². The van der Waals surface area contributed by atoms with E-state index in [-0.39, 0.29) is 21.2 Å². The van der Waals surface area contributed by atoms with E-state index < -0.39 is 33.6 Å². The number of hydrogen-bond acceptors (Lipinski definition) is 5. The van der Waals surface area contributed by atoms with Gasteiger partial charge < -0.3 is 10.1 Å². The van der Waals surface area contributed by atoms with E-state index in [9.17, 15) is 22.4 Å². The molecule has 9 heteroatoms. The van der Waals surface area contributed by atoms with Gasteiger partial charge in [0, 0.05) is 11.9 Å². The lowest BCUT2D eigenvalue weighted by molar-refractivity contribution is -0.123. The maximum absolute atomic E-state index is 13.2. The zero-order valence-electron chi connectivity index (χ0n) is 14.7. The summed E-state index contributed by atoms with van der Waals surface area (Å²) in [4.78, 5) is 24.5. The van der Waals surface area contributed by atoms with Crippen LogP contribution in [0.15, 0.2) is 41.3 Å². The number of rotatable bonds is 5. The Kier molecular flexibility index (Phi) is 6.22. The van der Waals surface area contributed by atoms with Crippen LogP contribution in [0.2, 0.25) is 5.02 Å². The molecule has 0 aliphatic heterocycles. The molecule has 1 atom stereocenters. The highest BCUT2D eigenvalue weighted by Gasteiger charge is 2.22. The van der Waals surface area contributed by atoms with Gasteiger partial charge >= 0.3 is 5.97 Å². The number of anilines is 1. The fraction of sp³-hybridized carbons (Fsp3) is 0.222. The van der Waals surface area contributed by atoms with Gasteiger partial charge in [0.2, 0.25) is 0 Å². The third-order valence-electron chi connectivity index (χ3n) is 3.70. The molecule has 0 unspecified atom stereocenters. The zero-order valence-corrected chi connectivity index (χ0v) is 16.3. The van der Waals surface area contributed by atoms with Crippen LogP contribution in [-0.2, 0) is 19.4 Å². The summed E-state index contributed by atoms with van der Waals surface area (Å²) in [5.74, 6) is -2.11. The van der Waals surface area contributed by atoms with Gasteiger partial charge in [-0.25, -0.2) is 17.6 Å². The number of amides is 1. The first-order valence-electron chi connectivity index (χ1n) is 7.76. The van der Waals surface area contributed by atoms with E-state index in [4.69, 9.17) is 16.3 Å². The molecule has 0 spiro atoms. The van der Waals surface area contributed by atoms with Crippen molar-refractivity contribution in [2.75, 3.05) is 11.6 Å². The Morgan fingerprint density at radius 2 is 1.85 bits per heavy atom. The normalized spacial score (nSPS) is 12.3. The first kappa shape index (κ1) is 20.9. The van der Waals surface area contributed by atoms with Gasteiger partial charge in [0.05, 0.1) is 15.5 Å². The lowest BCUT2D eigenvalue weighted by atomic mass is 10.1. The number of carbonyl (C=O) groups excluding carboxylic acids is 2. The van der Waals surface area contributed by atoms with Gasteiger partial charge in [-0.1, -0.05) is 17.7 Å². The predicted octanol–water partition coefficient (Wildman–Crippen LogP) is 3.38. The van der Waals surface area contributed by atoms with Crippen molar-refractivity contribution in [1.82, 2.24) is 0 Å². The first-order valence-corrected chi connectivity index (χ1v) is 10.0. The summed E-state index contributed by atoms with van der Waals surface area (Å²) in [5.41, 5.74) is 0.789. The molecule has 2 rings (SSSR count). The van der Waals surface area contributed by atoms with Gasteiger partial charge in [0.25, 0.3) is 5.91 Å². The molecule has 27 heavy (non-hydrogen) atoms. The third-order valence-corrected chi connectivity index (χ3v) is 5.10. The zero-order chi connectivity index (χ0) is 20.4. The molecule has 144 valence electrons. The summed E-state index contributed by atoms with van der Waals surface area (Å²) in [6.45, 7) is 2.97. The third kappa shape index (κ3) is 5.27. The molecule has 2 aromatic carbocycles. The number of hydrogen-bond donors (Lipinski definition) is 1. The van der Waals surface area contributed by atoms with E-state index in [0.29, 0.717) is 5.56 Å². The lowest BCUT2D eigenvalue weighted by Gasteiger charge is -2.15. The van der Waals surface area contributed by atoms with Gasteiger partial charge in [-0.2, -0.15) is 0 Å². The van der Waals surface area contributed by atoms with E-state index in [2.05, 4.69) is 5.32 Å². The monoisotopic (exact) mass is 413 g/mol. The minimum absolute atomic E-state index is 0.0295. The highest BCUT2D eigenvalue weighted by molar-refractivity contribution is 7.90. The van der Waals surface area contributed by atoms with Crippen molar-refractivity contribution in [3.05, 3.63) is 58.4 Å². The summed E-state index contributed by atoms with van der Waals surface area (Å²) in [6, 6.07) is 7.70. The fourth-order valence-electron chi connectivity index (χ4n) is 2.15. The quantitative estimate of drug-likeness (QED) is 0.759. The molecule has 0 bridgehead atoms. The van der Waals surface area contributed by atoms with Crippen LogP contribution >= 0.6 is 11.6 Å². The predicted molar refractivity (Wildman–Crippen MR) is 99.2 cm³/mol. The number of ether oxygens (including phenoxy) is 1. The van der Waals surface area contributed by atoms with Crippen LogP contribution in [0.25, 0.3) is 0 Å². The van der Waals surface area contributed by atoms with Gasteiger partial charge in [0.1, 0.15) is 5.82 Å². The van der Waals surface area contributed by atoms with E-state index in [1.165, 1.54) is 37.3 Å². The van der Waals surface area contributed by atoms with Crippen molar-refractivity contribution in [2.24, 2.45) is 0 Å².